The van der Waals surface area contributed by atoms with Crippen molar-refractivity contribution in [2.75, 3.05) is 118 Å². The molecule has 514 valence electrons. The number of methoxy groups -OCH3 is 3. The molecule has 0 aromatic heterocycles. The van der Waals surface area contributed by atoms with Crippen LogP contribution in [0.3, 0.4) is 0 Å². The Bertz CT molecular complexity index is 3260. The number of esters is 3. The number of amides is 3. The first-order valence-electron chi connectivity index (χ1n) is 30.8. The molecular formula is C72H92Cl2N6O12S3. The second-order valence-electron chi connectivity index (χ2n) is 24.0. The van der Waals surface area contributed by atoms with Crippen LogP contribution in [0.4, 0.5) is 17.1 Å². The van der Waals surface area contributed by atoms with Gasteiger partial charge in [0.05, 0.1) is 54.1 Å². The number of hydrogen-bond acceptors (Lipinski definition) is 18. The van der Waals surface area contributed by atoms with Crippen LogP contribution in [0.5, 0.6) is 17.2 Å². The van der Waals surface area contributed by atoms with Crippen molar-refractivity contribution in [3.8, 4) is 17.2 Å². The molecule has 9 rings (SSSR count). The summed E-state index contributed by atoms with van der Waals surface area (Å²) in [5, 5.41) is -1.10. The van der Waals surface area contributed by atoms with E-state index in [1.54, 1.807) is 71.3 Å². The molecule has 6 atom stereocenters. The minimum absolute atomic E-state index is 0. The Labute approximate surface area is 586 Å². The van der Waals surface area contributed by atoms with E-state index in [0.29, 0.717) is 39.3 Å². The maximum Gasteiger partial charge on any atom is 0.303 e. The molecule has 3 aliphatic rings. The third kappa shape index (κ3) is 19.6. The summed E-state index contributed by atoms with van der Waals surface area (Å²) in [5.41, 5.74) is 12.0. The molecule has 3 amide bonds. The van der Waals surface area contributed by atoms with Gasteiger partial charge >= 0.3 is 17.9 Å². The minimum atomic E-state index is -0.926. The molecule has 23 heteroatoms. The number of anilines is 3. The van der Waals surface area contributed by atoms with Crippen molar-refractivity contribution >= 4 is 113 Å². The van der Waals surface area contributed by atoms with Gasteiger partial charge in [0.1, 0.15) is 17.2 Å². The first-order valence-corrected chi connectivity index (χ1v) is 33.4. The molecule has 6 aromatic rings. The monoisotopic (exact) mass is 1400 g/mol. The zero-order valence-corrected chi connectivity index (χ0v) is 61.8. The third-order valence-corrected chi connectivity index (χ3v) is 20.5. The Kier molecular flexibility index (Phi) is 29.7. The van der Waals surface area contributed by atoms with Crippen molar-refractivity contribution in [1.82, 2.24) is 14.7 Å². The van der Waals surface area contributed by atoms with Gasteiger partial charge in [-0.25, -0.2) is 0 Å². The van der Waals surface area contributed by atoms with E-state index in [1.165, 1.54) is 20.8 Å². The van der Waals surface area contributed by atoms with E-state index >= 15 is 0 Å². The van der Waals surface area contributed by atoms with Gasteiger partial charge in [-0.3, -0.25) is 28.8 Å². The number of halogens is 2. The Morgan fingerprint density at radius 2 is 0.600 bits per heavy atom. The highest BCUT2D eigenvalue weighted by molar-refractivity contribution is 8.00. The van der Waals surface area contributed by atoms with E-state index in [2.05, 4.69) is 36.4 Å². The lowest BCUT2D eigenvalue weighted by molar-refractivity contribution is -0.153. The van der Waals surface area contributed by atoms with E-state index in [-0.39, 0.29) is 58.3 Å². The van der Waals surface area contributed by atoms with Crippen LogP contribution in [0, 0.1) is 41.5 Å². The summed E-state index contributed by atoms with van der Waals surface area (Å²) in [6, 6.07) is 35.1. The van der Waals surface area contributed by atoms with E-state index in [9.17, 15) is 28.8 Å². The number of carbonyl (C=O) groups is 6. The van der Waals surface area contributed by atoms with Crippen LogP contribution in [0.1, 0.15) is 86.6 Å². The fraction of sp³-hybridized carbons (Fsp3) is 0.417. The van der Waals surface area contributed by atoms with Crippen LogP contribution >= 0.6 is 60.1 Å². The topological polar surface area (TPSA) is 177 Å². The number of rotatable bonds is 18. The highest BCUT2D eigenvalue weighted by Gasteiger charge is 2.45. The molecule has 6 aromatic carbocycles. The first-order chi connectivity index (χ1) is 44.2. The van der Waals surface area contributed by atoms with E-state index in [1.807, 2.05) is 171 Å². The predicted octanol–water partition coefficient (Wildman–Crippen LogP) is 12.8. The summed E-state index contributed by atoms with van der Waals surface area (Å²) in [5.74, 6) is 0.205. The van der Waals surface area contributed by atoms with E-state index in [4.69, 9.17) is 28.4 Å². The molecule has 0 spiro atoms. The summed E-state index contributed by atoms with van der Waals surface area (Å²) < 4.78 is 32.8. The molecule has 0 N–H and O–H groups in total. The first kappa shape index (κ1) is 78.7. The average molecular weight is 1400 g/mol. The number of aryl methyl sites for hydroxylation is 3. The zero-order chi connectivity index (χ0) is 68.1. The van der Waals surface area contributed by atoms with Gasteiger partial charge in [-0.15, -0.1) is 60.1 Å². The number of thioether (sulfide) groups is 3. The van der Waals surface area contributed by atoms with Gasteiger partial charge < -0.3 is 57.8 Å². The lowest BCUT2D eigenvalue weighted by atomic mass is 10.0. The fourth-order valence-corrected chi connectivity index (χ4v) is 15.1. The summed E-state index contributed by atoms with van der Waals surface area (Å²) in [7, 11) is 16.7. The summed E-state index contributed by atoms with van der Waals surface area (Å²) in [4.78, 5) is 91.9. The molecule has 3 heterocycles. The van der Waals surface area contributed by atoms with Crippen molar-refractivity contribution in [2.45, 2.75) is 111 Å². The number of ether oxygens (including phenoxy) is 6. The van der Waals surface area contributed by atoms with Crippen LogP contribution in [-0.2, 0) is 43.0 Å². The van der Waals surface area contributed by atoms with Crippen LogP contribution in [0.2, 0.25) is 0 Å². The van der Waals surface area contributed by atoms with Crippen LogP contribution in [-0.4, -0.2) is 172 Å². The molecule has 0 radical (unpaired) electrons. The fourth-order valence-electron chi connectivity index (χ4n) is 10.9. The normalized spacial score (nSPS) is 18.2. The Morgan fingerprint density at radius 3 is 0.789 bits per heavy atom. The number of nitrogens with zero attached hydrogens (tertiary/aromatic N) is 6. The van der Waals surface area contributed by atoms with Crippen molar-refractivity contribution in [3.63, 3.8) is 0 Å². The minimum Gasteiger partial charge on any atom is -0.497 e. The van der Waals surface area contributed by atoms with Gasteiger partial charge in [-0.05, 0) is 188 Å². The molecule has 0 saturated heterocycles. The van der Waals surface area contributed by atoms with E-state index in [0.717, 1.165) is 99.1 Å². The second-order valence-corrected chi connectivity index (χ2v) is 27.5. The SMILES string of the molecule is COc1ccc([C@H]2Sc3ccc(C)c(C)c3N(CCN(C)C)C(=O)[C@H]2OC(C)=O)cc1.COc1ccc([C@H]2Sc3ccc(C)c(C)c3N(CCN(C)C)C(=O)[C@H]2OC(C)=O)cc1.COc1ccc([C@H]2Sc3ccc(C)c(C)c3N(CCN(C)C)C(=O)[C@H]2OC(C)=O)cc1.Cl.Cl. The van der Waals surface area contributed by atoms with Crippen molar-refractivity contribution in [3.05, 3.63) is 159 Å². The molecule has 3 aliphatic heterocycles. The Morgan fingerprint density at radius 1 is 0.379 bits per heavy atom. The van der Waals surface area contributed by atoms with Crippen LogP contribution < -0.4 is 28.9 Å². The number of carbonyl (C=O) groups excluding carboxylic acids is 6. The Hall–Kier alpha value is -6.95. The molecule has 0 bridgehead atoms. The van der Waals surface area contributed by atoms with Crippen molar-refractivity contribution < 1.29 is 57.2 Å². The highest BCUT2D eigenvalue weighted by Crippen LogP contribution is 2.52. The number of likely N-dealkylation sites (N-methyl/N-ethyl adjacent to an activating group) is 3. The molecular weight excluding hydrogens is 1310 g/mol. The maximum absolute atomic E-state index is 13.8. The standard InChI is InChI=1S/3C24H30N2O4S.2ClH/c3*1-15-7-12-20-21(16(15)2)26(14-13-25(4)5)24(28)22(30-17(3)27)23(31-20)18-8-10-19(29-6)11-9-18;;/h3*7-12,22-23H,13-14H2,1-6H3;2*1H/t3*22-,23+;;/m000../s1. The molecule has 0 unspecified atom stereocenters. The number of hydrogen-bond donors (Lipinski definition) is 0. The number of benzene rings is 6. The summed E-state index contributed by atoms with van der Waals surface area (Å²) in [6.07, 6.45) is -2.78. The quantitative estimate of drug-likeness (QED) is 0.0586. The lowest BCUT2D eigenvalue weighted by Gasteiger charge is -2.29. The second kappa shape index (κ2) is 35.9. The van der Waals surface area contributed by atoms with Crippen LogP contribution in [0.25, 0.3) is 0 Å². The van der Waals surface area contributed by atoms with E-state index < -0.39 is 36.2 Å². The van der Waals surface area contributed by atoms with Crippen LogP contribution in [0.15, 0.2) is 124 Å². The largest absolute Gasteiger partial charge is 0.497 e. The van der Waals surface area contributed by atoms with Gasteiger partial charge in [0.2, 0.25) is 0 Å². The third-order valence-electron chi connectivity index (χ3n) is 16.4. The van der Waals surface area contributed by atoms with Gasteiger partial charge in [0, 0.05) is 74.7 Å². The molecule has 0 saturated carbocycles. The van der Waals surface area contributed by atoms with Gasteiger partial charge in [0.15, 0.2) is 18.3 Å². The lowest BCUT2D eigenvalue weighted by Crippen LogP contribution is -2.45. The smallest absolute Gasteiger partial charge is 0.303 e. The number of fused-ring (bicyclic) bond motifs is 3. The van der Waals surface area contributed by atoms with Gasteiger partial charge in [-0.1, -0.05) is 54.6 Å². The summed E-state index contributed by atoms with van der Waals surface area (Å²) in [6.45, 7) is 19.9. The average Bonchev–Trinajstić information content (AvgIpc) is 1.66. The predicted molar refractivity (Wildman–Crippen MR) is 386 cm³/mol. The Balaban J connectivity index is 0.000000255. The van der Waals surface area contributed by atoms with Gasteiger partial charge in [0.25, 0.3) is 17.7 Å². The molecule has 18 nitrogen and oxygen atoms in total. The summed E-state index contributed by atoms with van der Waals surface area (Å²) >= 11 is 4.69. The van der Waals surface area contributed by atoms with Crippen molar-refractivity contribution in [1.29, 1.82) is 0 Å². The highest BCUT2D eigenvalue weighted by atomic mass is 35.5. The zero-order valence-electron chi connectivity index (χ0n) is 57.7. The molecule has 0 aliphatic carbocycles. The van der Waals surface area contributed by atoms with Crippen molar-refractivity contribution in [2.24, 2.45) is 0 Å². The molecule has 95 heavy (non-hydrogen) atoms. The van der Waals surface area contributed by atoms with Gasteiger partial charge in [-0.2, -0.15) is 0 Å². The molecule has 0 fully saturated rings. The maximum atomic E-state index is 13.8.